The van der Waals surface area contributed by atoms with Crippen LogP contribution in [0.2, 0.25) is 0 Å². The number of ether oxygens (including phenoxy) is 1. The van der Waals surface area contributed by atoms with E-state index < -0.39 is 5.56 Å². The highest BCUT2D eigenvalue weighted by atomic mass is 16.5. The minimum absolute atomic E-state index is 0.289. The largest absolute Gasteiger partial charge is 0.494 e. The third-order valence-electron chi connectivity index (χ3n) is 6.03. The number of nitriles is 1. The van der Waals surface area contributed by atoms with Crippen molar-refractivity contribution < 1.29 is 13.9 Å². The van der Waals surface area contributed by atoms with Gasteiger partial charge in [-0.1, -0.05) is 12.1 Å². The standard InChI is InChI=1S/C28H23N5O4/c1-4-36-21-9-10-22-23(14-21)28(35)33(31-27(22)19-7-5-6-18(12-19)15-29)16-26(34)32(3)20-8-11-24-25(13-20)37-17(2)30-24/h5-14H,4,16H2,1-3H3. The second kappa shape index (κ2) is 9.59. The first-order valence-corrected chi connectivity index (χ1v) is 11.7. The van der Waals surface area contributed by atoms with E-state index in [0.717, 1.165) is 4.68 Å². The van der Waals surface area contributed by atoms with Gasteiger partial charge in [0.05, 0.1) is 29.3 Å². The fourth-order valence-electron chi connectivity index (χ4n) is 4.19. The summed E-state index contributed by atoms with van der Waals surface area (Å²) in [7, 11) is 1.63. The van der Waals surface area contributed by atoms with Crippen molar-refractivity contribution in [2.45, 2.75) is 20.4 Å². The second-order valence-electron chi connectivity index (χ2n) is 8.48. The molecule has 2 heterocycles. The number of hydrogen-bond donors (Lipinski definition) is 0. The minimum atomic E-state index is -0.417. The number of carbonyl (C=O) groups is 1. The number of nitrogens with zero attached hydrogens (tertiary/aromatic N) is 5. The summed E-state index contributed by atoms with van der Waals surface area (Å²) in [4.78, 5) is 32.5. The molecule has 1 amide bonds. The third-order valence-corrected chi connectivity index (χ3v) is 6.03. The van der Waals surface area contributed by atoms with Gasteiger partial charge in [0.1, 0.15) is 17.8 Å². The summed E-state index contributed by atoms with van der Waals surface area (Å²) in [6.07, 6.45) is 0. The van der Waals surface area contributed by atoms with Crippen molar-refractivity contribution in [2.75, 3.05) is 18.6 Å². The summed E-state index contributed by atoms with van der Waals surface area (Å²) in [5.41, 5.74) is 3.06. The van der Waals surface area contributed by atoms with E-state index in [4.69, 9.17) is 9.15 Å². The molecule has 0 saturated heterocycles. The topological polar surface area (TPSA) is 114 Å². The summed E-state index contributed by atoms with van der Waals surface area (Å²) in [5, 5.41) is 14.9. The van der Waals surface area contributed by atoms with Gasteiger partial charge in [-0.05, 0) is 49.4 Å². The van der Waals surface area contributed by atoms with Crippen molar-refractivity contribution in [1.29, 1.82) is 5.26 Å². The van der Waals surface area contributed by atoms with Crippen LogP contribution in [-0.4, -0.2) is 34.3 Å². The maximum atomic E-state index is 13.5. The van der Waals surface area contributed by atoms with Crippen LogP contribution in [0.15, 0.2) is 69.9 Å². The highest BCUT2D eigenvalue weighted by Crippen LogP contribution is 2.28. The molecule has 5 rings (SSSR count). The molecular weight excluding hydrogens is 470 g/mol. The molecule has 0 fully saturated rings. The Morgan fingerprint density at radius 3 is 2.76 bits per heavy atom. The van der Waals surface area contributed by atoms with Gasteiger partial charge in [0.25, 0.3) is 5.56 Å². The first-order valence-electron chi connectivity index (χ1n) is 11.7. The van der Waals surface area contributed by atoms with Crippen LogP contribution in [0.5, 0.6) is 5.75 Å². The van der Waals surface area contributed by atoms with Crippen LogP contribution in [0.1, 0.15) is 18.4 Å². The van der Waals surface area contributed by atoms with E-state index >= 15 is 0 Å². The molecule has 0 N–H and O–H groups in total. The normalized spacial score (nSPS) is 11.0. The van der Waals surface area contributed by atoms with Crippen molar-refractivity contribution in [3.8, 4) is 23.1 Å². The molecule has 0 unspecified atom stereocenters. The van der Waals surface area contributed by atoms with Crippen LogP contribution in [0.4, 0.5) is 5.69 Å². The van der Waals surface area contributed by atoms with E-state index in [1.807, 2.05) is 13.0 Å². The summed E-state index contributed by atoms with van der Waals surface area (Å²) in [6, 6.07) is 19.6. The van der Waals surface area contributed by atoms with E-state index in [0.29, 0.717) is 62.6 Å². The number of fused-ring (bicyclic) bond motifs is 2. The first kappa shape index (κ1) is 23.8. The van der Waals surface area contributed by atoms with Gasteiger partial charge in [-0.15, -0.1) is 0 Å². The predicted molar refractivity (Wildman–Crippen MR) is 139 cm³/mol. The van der Waals surface area contributed by atoms with Gasteiger partial charge in [0, 0.05) is 36.7 Å². The van der Waals surface area contributed by atoms with Crippen molar-refractivity contribution in [3.05, 3.63) is 82.5 Å². The number of carbonyl (C=O) groups excluding carboxylic acids is 1. The number of amides is 1. The average molecular weight is 494 g/mol. The highest BCUT2D eigenvalue weighted by molar-refractivity contribution is 5.96. The maximum absolute atomic E-state index is 13.5. The number of anilines is 1. The summed E-state index contributed by atoms with van der Waals surface area (Å²) in [6.45, 7) is 3.77. The lowest BCUT2D eigenvalue weighted by Crippen LogP contribution is -2.35. The Balaban J connectivity index is 1.58. The van der Waals surface area contributed by atoms with E-state index in [1.54, 1.807) is 68.6 Å². The molecule has 0 aliphatic rings. The summed E-state index contributed by atoms with van der Waals surface area (Å²) >= 11 is 0. The number of oxazole rings is 1. The number of aryl methyl sites for hydroxylation is 1. The second-order valence-corrected chi connectivity index (χ2v) is 8.48. The molecule has 184 valence electrons. The molecule has 2 aromatic heterocycles. The molecule has 0 aliphatic carbocycles. The SMILES string of the molecule is CCOc1ccc2c(-c3cccc(C#N)c3)nn(CC(=O)N(C)c3ccc4nc(C)oc4c3)c(=O)c2c1. The Bertz CT molecular complexity index is 1760. The molecule has 37 heavy (non-hydrogen) atoms. The molecule has 0 radical (unpaired) electrons. The van der Waals surface area contributed by atoms with Crippen LogP contribution in [0, 0.1) is 18.3 Å². The minimum Gasteiger partial charge on any atom is -0.494 e. The molecule has 5 aromatic rings. The van der Waals surface area contributed by atoms with Gasteiger partial charge in [0.2, 0.25) is 5.91 Å². The van der Waals surface area contributed by atoms with Crippen LogP contribution >= 0.6 is 0 Å². The van der Waals surface area contributed by atoms with Crippen molar-refractivity contribution in [1.82, 2.24) is 14.8 Å². The smallest absolute Gasteiger partial charge is 0.275 e. The third kappa shape index (κ3) is 4.52. The Hall–Kier alpha value is -4.97. The zero-order valence-corrected chi connectivity index (χ0v) is 20.6. The van der Waals surface area contributed by atoms with Gasteiger partial charge in [-0.2, -0.15) is 10.4 Å². The quantitative estimate of drug-likeness (QED) is 0.343. The van der Waals surface area contributed by atoms with Gasteiger partial charge in [-0.25, -0.2) is 9.67 Å². The van der Waals surface area contributed by atoms with Gasteiger partial charge in [0.15, 0.2) is 11.5 Å². The van der Waals surface area contributed by atoms with Crippen molar-refractivity contribution in [2.24, 2.45) is 0 Å². The molecule has 9 heteroatoms. The Kier molecular flexibility index (Phi) is 6.15. The van der Waals surface area contributed by atoms with E-state index in [9.17, 15) is 14.9 Å². The lowest BCUT2D eigenvalue weighted by Gasteiger charge is -2.18. The lowest BCUT2D eigenvalue weighted by molar-refractivity contribution is -0.119. The van der Waals surface area contributed by atoms with Crippen molar-refractivity contribution in [3.63, 3.8) is 0 Å². The Labute approximate surface area is 212 Å². The molecule has 3 aromatic carbocycles. The number of likely N-dealkylation sites (N-methyl/N-ethyl adjacent to an activating group) is 1. The molecule has 0 saturated carbocycles. The summed E-state index contributed by atoms with van der Waals surface area (Å²) in [5.74, 6) is 0.732. The van der Waals surface area contributed by atoms with E-state index in [2.05, 4.69) is 16.2 Å². The number of aromatic nitrogens is 3. The number of hydrogen-bond acceptors (Lipinski definition) is 7. The van der Waals surface area contributed by atoms with Gasteiger partial charge in [-0.3, -0.25) is 9.59 Å². The fourth-order valence-corrected chi connectivity index (χ4v) is 4.19. The molecular formula is C28H23N5O4. The van der Waals surface area contributed by atoms with Gasteiger partial charge >= 0.3 is 0 Å². The van der Waals surface area contributed by atoms with Gasteiger partial charge < -0.3 is 14.1 Å². The predicted octanol–water partition coefficient (Wildman–Crippen LogP) is 4.45. The van der Waals surface area contributed by atoms with Crippen LogP contribution in [0.3, 0.4) is 0 Å². The fraction of sp³-hybridized carbons (Fsp3) is 0.179. The lowest BCUT2D eigenvalue weighted by atomic mass is 10.0. The first-order chi connectivity index (χ1) is 17.9. The monoisotopic (exact) mass is 493 g/mol. The van der Waals surface area contributed by atoms with Crippen LogP contribution in [0.25, 0.3) is 33.1 Å². The number of rotatable bonds is 6. The summed E-state index contributed by atoms with van der Waals surface area (Å²) < 4.78 is 12.3. The molecule has 0 spiro atoms. The molecule has 0 aliphatic heterocycles. The van der Waals surface area contributed by atoms with Crippen LogP contribution in [-0.2, 0) is 11.3 Å². The maximum Gasteiger partial charge on any atom is 0.275 e. The molecule has 0 atom stereocenters. The Morgan fingerprint density at radius 1 is 1.14 bits per heavy atom. The van der Waals surface area contributed by atoms with E-state index in [-0.39, 0.29) is 12.5 Å². The zero-order valence-electron chi connectivity index (χ0n) is 20.6. The highest BCUT2D eigenvalue weighted by Gasteiger charge is 2.19. The average Bonchev–Trinajstić information content (AvgIpc) is 3.29. The number of benzene rings is 3. The molecule has 0 bridgehead atoms. The molecule has 9 nitrogen and oxygen atoms in total. The van der Waals surface area contributed by atoms with E-state index in [1.165, 1.54) is 4.90 Å². The zero-order chi connectivity index (χ0) is 26.1. The Morgan fingerprint density at radius 2 is 1.97 bits per heavy atom. The van der Waals surface area contributed by atoms with Crippen molar-refractivity contribution >= 4 is 33.5 Å². The van der Waals surface area contributed by atoms with Crippen LogP contribution < -0.4 is 15.2 Å².